The summed E-state index contributed by atoms with van der Waals surface area (Å²) in [6.07, 6.45) is 0. The van der Waals surface area contributed by atoms with Gasteiger partial charge in [-0.25, -0.2) is 0 Å². The Kier molecular flexibility index (Phi) is 2.81. The van der Waals surface area contributed by atoms with Crippen molar-refractivity contribution in [2.45, 2.75) is 0 Å². The number of benzene rings is 1. The lowest BCUT2D eigenvalue weighted by molar-refractivity contribution is -0.385. The first kappa shape index (κ1) is 9.47. The molecule has 0 heterocycles. The van der Waals surface area contributed by atoms with E-state index < -0.39 is 4.92 Å². The van der Waals surface area contributed by atoms with Crippen molar-refractivity contribution in [3.05, 3.63) is 39.9 Å². The summed E-state index contributed by atoms with van der Waals surface area (Å²) in [6.45, 7) is 0. The van der Waals surface area contributed by atoms with Gasteiger partial charge in [0.25, 0.3) is 5.69 Å². The molecule has 0 amide bonds. The molecule has 0 spiro atoms. The largest absolute Gasteiger partial charge is 0.410 e. The fourth-order valence-corrected chi connectivity index (χ4v) is 1.02. The van der Waals surface area contributed by atoms with Gasteiger partial charge in [0.05, 0.1) is 10.5 Å². The van der Waals surface area contributed by atoms with Crippen LogP contribution in [0.5, 0.6) is 0 Å². The summed E-state index contributed by atoms with van der Waals surface area (Å²) in [7, 11) is 0. The molecule has 0 radical (unpaired) electrons. The number of hydrogen-bond donors (Lipinski definition) is 1. The predicted octanol–water partition coefficient (Wildman–Crippen LogP) is 1.97. The summed E-state index contributed by atoms with van der Waals surface area (Å²) >= 11 is 5.44. The number of nitro groups is 1. The van der Waals surface area contributed by atoms with E-state index in [4.69, 9.17) is 16.8 Å². The molecule has 0 bridgehead atoms. The van der Waals surface area contributed by atoms with Crippen molar-refractivity contribution in [3.8, 4) is 0 Å². The molecule has 68 valence electrons. The minimum Gasteiger partial charge on any atom is -0.410 e. The van der Waals surface area contributed by atoms with Gasteiger partial charge in [-0.1, -0.05) is 28.9 Å². The van der Waals surface area contributed by atoms with Crippen molar-refractivity contribution in [3.63, 3.8) is 0 Å². The number of para-hydroxylation sites is 1. The molecule has 13 heavy (non-hydrogen) atoms. The SMILES string of the molecule is O=[N+]([O-])c1ccccc1C(Cl)=NO. The molecular weight excluding hydrogens is 196 g/mol. The highest BCUT2D eigenvalue weighted by Crippen LogP contribution is 2.19. The van der Waals surface area contributed by atoms with Crippen LogP contribution in [-0.2, 0) is 0 Å². The highest BCUT2D eigenvalue weighted by atomic mass is 35.5. The number of hydrogen-bond acceptors (Lipinski definition) is 4. The molecule has 0 saturated carbocycles. The first-order valence-corrected chi connectivity index (χ1v) is 3.66. The van der Waals surface area contributed by atoms with Gasteiger partial charge in [-0.3, -0.25) is 10.1 Å². The Morgan fingerprint density at radius 2 is 2.15 bits per heavy atom. The molecule has 1 rings (SSSR count). The van der Waals surface area contributed by atoms with E-state index in [0.29, 0.717) is 0 Å². The van der Waals surface area contributed by atoms with Crippen LogP contribution in [0.1, 0.15) is 5.56 Å². The number of rotatable bonds is 2. The van der Waals surface area contributed by atoms with Gasteiger partial charge >= 0.3 is 0 Å². The third-order valence-corrected chi connectivity index (χ3v) is 1.69. The Balaban J connectivity index is 3.28. The van der Waals surface area contributed by atoms with Crippen molar-refractivity contribution in [2.24, 2.45) is 5.16 Å². The molecule has 0 unspecified atom stereocenters. The van der Waals surface area contributed by atoms with E-state index in [1.54, 1.807) is 6.07 Å². The van der Waals surface area contributed by atoms with Crippen molar-refractivity contribution in [2.75, 3.05) is 0 Å². The van der Waals surface area contributed by atoms with Crippen molar-refractivity contribution >= 4 is 22.5 Å². The molecule has 0 aliphatic rings. The van der Waals surface area contributed by atoms with Gasteiger partial charge in [0.2, 0.25) is 0 Å². The van der Waals surface area contributed by atoms with Crippen LogP contribution in [0.2, 0.25) is 0 Å². The van der Waals surface area contributed by atoms with Gasteiger partial charge in [0.1, 0.15) is 0 Å². The Morgan fingerprint density at radius 3 is 2.69 bits per heavy atom. The summed E-state index contributed by atoms with van der Waals surface area (Å²) in [4.78, 5) is 9.86. The van der Waals surface area contributed by atoms with Gasteiger partial charge in [-0.2, -0.15) is 0 Å². The number of halogens is 1. The van der Waals surface area contributed by atoms with Crippen LogP contribution >= 0.6 is 11.6 Å². The molecule has 1 aromatic rings. The fourth-order valence-electron chi connectivity index (χ4n) is 0.861. The van der Waals surface area contributed by atoms with Crippen LogP contribution in [0.4, 0.5) is 5.69 Å². The maximum Gasteiger partial charge on any atom is 0.279 e. The van der Waals surface area contributed by atoms with Crippen LogP contribution in [0.25, 0.3) is 0 Å². The molecular formula is C7H5ClN2O3. The zero-order valence-corrected chi connectivity index (χ0v) is 7.10. The first-order valence-electron chi connectivity index (χ1n) is 3.28. The third-order valence-electron chi connectivity index (χ3n) is 1.41. The number of nitro benzene ring substituents is 1. The third kappa shape index (κ3) is 1.94. The van der Waals surface area contributed by atoms with Crippen molar-refractivity contribution < 1.29 is 10.1 Å². The average Bonchev–Trinajstić information content (AvgIpc) is 2.16. The Morgan fingerprint density at radius 1 is 1.54 bits per heavy atom. The Bertz CT molecular complexity index is 365. The zero-order valence-electron chi connectivity index (χ0n) is 6.35. The minimum atomic E-state index is -0.594. The molecule has 1 N–H and O–H groups in total. The summed E-state index contributed by atoms with van der Waals surface area (Å²) < 4.78 is 0. The summed E-state index contributed by atoms with van der Waals surface area (Å²) in [6, 6.07) is 5.75. The lowest BCUT2D eigenvalue weighted by Gasteiger charge is -1.97. The second-order valence-corrected chi connectivity index (χ2v) is 2.52. The van der Waals surface area contributed by atoms with Gasteiger partial charge in [-0.15, -0.1) is 0 Å². The van der Waals surface area contributed by atoms with Crippen molar-refractivity contribution in [1.29, 1.82) is 0 Å². The van der Waals surface area contributed by atoms with E-state index in [9.17, 15) is 10.1 Å². The van der Waals surface area contributed by atoms with E-state index in [0.717, 1.165) is 0 Å². The van der Waals surface area contributed by atoms with Crippen LogP contribution in [0, 0.1) is 10.1 Å². The normalized spacial score (nSPS) is 11.3. The van der Waals surface area contributed by atoms with E-state index in [2.05, 4.69) is 5.16 Å². The maximum atomic E-state index is 10.5. The van der Waals surface area contributed by atoms with Gasteiger partial charge in [-0.05, 0) is 6.07 Å². The molecule has 0 aromatic heterocycles. The second-order valence-electron chi connectivity index (χ2n) is 2.17. The highest BCUT2D eigenvalue weighted by molar-refractivity contribution is 6.69. The van der Waals surface area contributed by atoms with Crippen LogP contribution < -0.4 is 0 Å². The Labute approximate surface area is 78.4 Å². The van der Waals surface area contributed by atoms with E-state index >= 15 is 0 Å². The highest BCUT2D eigenvalue weighted by Gasteiger charge is 2.15. The smallest absolute Gasteiger partial charge is 0.279 e. The molecule has 0 aliphatic carbocycles. The quantitative estimate of drug-likeness (QED) is 0.343. The molecule has 0 saturated heterocycles. The zero-order chi connectivity index (χ0) is 9.84. The molecule has 6 heteroatoms. The molecule has 5 nitrogen and oxygen atoms in total. The molecule has 0 aliphatic heterocycles. The molecule has 0 fully saturated rings. The first-order chi connectivity index (χ1) is 6.16. The van der Waals surface area contributed by atoms with Crippen molar-refractivity contribution in [1.82, 2.24) is 0 Å². The summed E-state index contributed by atoms with van der Waals surface area (Å²) in [5.74, 6) is 0. The topological polar surface area (TPSA) is 75.7 Å². The van der Waals surface area contributed by atoms with Gasteiger partial charge < -0.3 is 5.21 Å². The van der Waals surface area contributed by atoms with E-state index in [1.807, 2.05) is 0 Å². The predicted molar refractivity (Wildman–Crippen MR) is 47.3 cm³/mol. The minimum absolute atomic E-state index is 0.0941. The molecule has 0 atom stereocenters. The lowest BCUT2D eigenvalue weighted by Crippen LogP contribution is -1.98. The van der Waals surface area contributed by atoms with Gasteiger partial charge in [0.15, 0.2) is 5.17 Å². The molecule has 1 aromatic carbocycles. The van der Waals surface area contributed by atoms with Crippen LogP contribution in [-0.4, -0.2) is 15.3 Å². The standard InChI is InChI=1S/C7H5ClN2O3/c8-7(9-11)5-3-1-2-4-6(5)10(12)13/h1-4,11H. The second kappa shape index (κ2) is 3.86. The van der Waals surface area contributed by atoms with E-state index in [-0.39, 0.29) is 16.4 Å². The summed E-state index contributed by atoms with van der Waals surface area (Å²) in [5, 5.41) is 21.2. The average molecular weight is 201 g/mol. The van der Waals surface area contributed by atoms with Gasteiger partial charge in [0, 0.05) is 6.07 Å². The lowest BCUT2D eigenvalue weighted by atomic mass is 10.2. The number of nitrogens with zero attached hydrogens (tertiary/aromatic N) is 2. The monoisotopic (exact) mass is 200 g/mol. The van der Waals surface area contributed by atoms with Crippen LogP contribution in [0.15, 0.2) is 29.4 Å². The fraction of sp³-hybridized carbons (Fsp3) is 0. The van der Waals surface area contributed by atoms with E-state index in [1.165, 1.54) is 18.2 Å². The number of oxime groups is 1. The maximum absolute atomic E-state index is 10.5. The van der Waals surface area contributed by atoms with Crippen LogP contribution in [0.3, 0.4) is 0 Å². The summed E-state index contributed by atoms with van der Waals surface area (Å²) in [5.41, 5.74) is -0.0954. The Hall–Kier alpha value is -1.62.